The fourth-order valence-corrected chi connectivity index (χ4v) is 1.97. The van der Waals surface area contributed by atoms with Crippen LogP contribution in [-0.2, 0) is 11.2 Å². The molecule has 0 radical (unpaired) electrons. The van der Waals surface area contributed by atoms with E-state index in [1.165, 1.54) is 5.56 Å². The molecule has 0 unspecified atom stereocenters. The van der Waals surface area contributed by atoms with Gasteiger partial charge in [0.2, 0.25) is 0 Å². The summed E-state index contributed by atoms with van der Waals surface area (Å²) in [5.41, 5.74) is 1.37. The third kappa shape index (κ3) is 5.30. The van der Waals surface area contributed by atoms with Crippen molar-refractivity contribution in [3.8, 4) is 0 Å². The van der Waals surface area contributed by atoms with Gasteiger partial charge in [-0.15, -0.1) is 0 Å². The summed E-state index contributed by atoms with van der Waals surface area (Å²) >= 11 is 2.13. The lowest BCUT2D eigenvalue weighted by molar-refractivity contribution is -0.116. The van der Waals surface area contributed by atoms with Crippen LogP contribution in [-0.4, -0.2) is 10.2 Å². The zero-order valence-corrected chi connectivity index (χ0v) is 11.2. The fraction of sp³-hybridized carbons (Fsp3) is 0.462. The number of alkyl halides is 1. The van der Waals surface area contributed by atoms with Gasteiger partial charge in [-0.25, -0.2) is 0 Å². The number of rotatable bonds is 6. The number of benzene rings is 1. The lowest BCUT2D eigenvalue weighted by atomic mass is 9.96. The van der Waals surface area contributed by atoms with Crippen LogP contribution in [0, 0.1) is 5.92 Å². The molecule has 1 nitrogen and oxygen atoms in total. The summed E-state index contributed by atoms with van der Waals surface area (Å²) in [4.78, 5) is 11.2. The second-order valence-electron chi connectivity index (χ2n) is 4.01. The summed E-state index contributed by atoms with van der Waals surface area (Å²) in [5, 5.41) is 0. The summed E-state index contributed by atoms with van der Waals surface area (Å²) in [7, 11) is 0. The molecule has 0 spiro atoms. The van der Waals surface area contributed by atoms with E-state index in [1.54, 1.807) is 0 Å². The van der Waals surface area contributed by atoms with Crippen LogP contribution >= 0.6 is 22.6 Å². The van der Waals surface area contributed by atoms with Gasteiger partial charge in [0.1, 0.15) is 5.78 Å². The van der Waals surface area contributed by atoms with Gasteiger partial charge < -0.3 is 0 Å². The average Bonchev–Trinajstić information content (AvgIpc) is 2.27. The minimum absolute atomic E-state index is 0.371. The van der Waals surface area contributed by atoms with Crippen LogP contribution in [0.4, 0.5) is 0 Å². The Kier molecular flexibility index (Phi) is 5.91. The molecule has 0 heterocycles. The van der Waals surface area contributed by atoms with Gasteiger partial charge in [-0.05, 0) is 24.3 Å². The van der Waals surface area contributed by atoms with E-state index in [1.807, 2.05) is 6.07 Å². The lowest BCUT2D eigenvalue weighted by Gasteiger charge is -2.10. The van der Waals surface area contributed by atoms with Gasteiger partial charge in [-0.1, -0.05) is 59.8 Å². The van der Waals surface area contributed by atoms with Crippen molar-refractivity contribution in [1.29, 1.82) is 0 Å². The largest absolute Gasteiger partial charge is 0.299 e. The van der Waals surface area contributed by atoms with Gasteiger partial charge in [-0.2, -0.15) is 0 Å². The molecule has 0 amide bonds. The zero-order valence-electron chi connectivity index (χ0n) is 9.08. The molecule has 0 aliphatic heterocycles. The molecule has 0 N–H and O–H groups in total. The van der Waals surface area contributed by atoms with Crippen molar-refractivity contribution >= 4 is 28.4 Å². The van der Waals surface area contributed by atoms with Crippen LogP contribution in [0.2, 0.25) is 0 Å². The Morgan fingerprint density at radius 2 is 2.00 bits per heavy atom. The number of halogens is 1. The predicted octanol–water partition coefficient (Wildman–Crippen LogP) is 3.65. The molecule has 82 valence electrons. The predicted molar refractivity (Wildman–Crippen MR) is 72.4 cm³/mol. The van der Waals surface area contributed by atoms with Crippen LogP contribution in [0.25, 0.3) is 0 Å². The fourth-order valence-electron chi connectivity index (χ4n) is 1.59. The number of Topliss-reactive ketones (excluding diaryl/α,β-unsaturated/α-hetero) is 1. The first-order chi connectivity index (χ1) is 7.22. The summed E-state index contributed by atoms with van der Waals surface area (Å²) < 4.78 is 0.649. The zero-order chi connectivity index (χ0) is 11.1. The van der Waals surface area contributed by atoms with Crippen molar-refractivity contribution in [3.05, 3.63) is 35.9 Å². The Bertz CT molecular complexity index is 295. The summed E-state index contributed by atoms with van der Waals surface area (Å²) in [6.45, 7) is 2.22. The molecule has 0 bridgehead atoms. The van der Waals surface area contributed by atoms with Crippen molar-refractivity contribution in [1.82, 2.24) is 0 Å². The molecule has 0 aliphatic rings. The Morgan fingerprint density at radius 3 is 2.60 bits per heavy atom. The normalized spacial score (nSPS) is 12.4. The average molecular weight is 316 g/mol. The molecule has 0 saturated carbocycles. The Morgan fingerprint density at radius 1 is 1.33 bits per heavy atom. The number of carbonyl (C=O) groups excluding carboxylic acids is 1. The molecule has 1 aromatic carbocycles. The smallest absolute Gasteiger partial charge is 0.142 e. The molecular weight excluding hydrogens is 299 g/mol. The molecule has 0 saturated heterocycles. The lowest BCUT2D eigenvalue weighted by Crippen LogP contribution is -2.05. The molecule has 1 rings (SSSR count). The highest BCUT2D eigenvalue weighted by Crippen LogP contribution is 2.13. The van der Waals surface area contributed by atoms with Gasteiger partial charge >= 0.3 is 0 Å². The van der Waals surface area contributed by atoms with E-state index in [9.17, 15) is 4.79 Å². The maximum absolute atomic E-state index is 11.2. The van der Waals surface area contributed by atoms with E-state index in [0.717, 1.165) is 19.3 Å². The molecule has 1 atom stereocenters. The van der Waals surface area contributed by atoms with Crippen LogP contribution in [0.15, 0.2) is 30.3 Å². The monoisotopic (exact) mass is 316 g/mol. The molecular formula is C13H17IO. The molecule has 1 aromatic rings. The summed E-state index contributed by atoms with van der Waals surface area (Å²) in [6, 6.07) is 10.5. The van der Waals surface area contributed by atoms with Crippen molar-refractivity contribution in [3.63, 3.8) is 0 Å². The van der Waals surface area contributed by atoms with E-state index in [0.29, 0.717) is 16.1 Å². The van der Waals surface area contributed by atoms with Crippen LogP contribution in [0.3, 0.4) is 0 Å². The van der Waals surface area contributed by atoms with Crippen LogP contribution < -0.4 is 0 Å². The first-order valence-electron chi connectivity index (χ1n) is 5.34. The highest BCUT2D eigenvalue weighted by Gasteiger charge is 2.06. The third-order valence-corrected chi connectivity index (χ3v) is 3.34. The first kappa shape index (κ1) is 12.7. The molecule has 0 aromatic heterocycles. The molecule has 0 fully saturated rings. The van der Waals surface area contributed by atoms with Crippen molar-refractivity contribution < 1.29 is 4.79 Å². The second-order valence-corrected chi connectivity index (χ2v) is 4.77. The number of hydrogen-bond donors (Lipinski definition) is 0. The van der Waals surface area contributed by atoms with E-state index in [2.05, 4.69) is 53.8 Å². The first-order valence-corrected chi connectivity index (χ1v) is 6.86. The quantitative estimate of drug-likeness (QED) is 0.578. The van der Waals surface area contributed by atoms with Gasteiger partial charge in [0, 0.05) is 6.42 Å². The van der Waals surface area contributed by atoms with Gasteiger partial charge in [0.05, 0.1) is 4.43 Å². The van der Waals surface area contributed by atoms with E-state index < -0.39 is 0 Å². The minimum atomic E-state index is 0.371. The van der Waals surface area contributed by atoms with Gasteiger partial charge in [-0.3, -0.25) is 4.79 Å². The van der Waals surface area contributed by atoms with Crippen molar-refractivity contribution in [2.45, 2.75) is 26.2 Å². The number of ketones is 1. The topological polar surface area (TPSA) is 17.1 Å². The SMILES string of the molecule is C[C@H](CCC(=O)CI)Cc1ccccc1. The van der Waals surface area contributed by atoms with E-state index in [4.69, 9.17) is 0 Å². The van der Waals surface area contributed by atoms with Gasteiger partial charge in [0.25, 0.3) is 0 Å². The Balaban J connectivity index is 2.30. The summed E-state index contributed by atoms with van der Waals surface area (Å²) in [6.07, 6.45) is 2.82. The molecule has 2 heteroatoms. The Labute approximate surface area is 105 Å². The Hall–Kier alpha value is -0.380. The highest BCUT2D eigenvalue weighted by atomic mass is 127. The molecule has 15 heavy (non-hydrogen) atoms. The van der Waals surface area contributed by atoms with Crippen molar-refractivity contribution in [2.75, 3.05) is 4.43 Å². The van der Waals surface area contributed by atoms with E-state index >= 15 is 0 Å². The van der Waals surface area contributed by atoms with Gasteiger partial charge in [0.15, 0.2) is 0 Å². The summed E-state index contributed by atoms with van der Waals surface area (Å²) in [5.74, 6) is 0.967. The van der Waals surface area contributed by atoms with Crippen LogP contribution in [0.1, 0.15) is 25.3 Å². The van der Waals surface area contributed by atoms with Crippen LogP contribution in [0.5, 0.6) is 0 Å². The van der Waals surface area contributed by atoms with E-state index in [-0.39, 0.29) is 0 Å². The molecule has 0 aliphatic carbocycles. The number of hydrogen-bond acceptors (Lipinski definition) is 1. The standard InChI is InChI=1S/C13H17IO/c1-11(7-8-13(15)10-14)9-12-5-3-2-4-6-12/h2-6,11H,7-10H2,1H3/t11-/m1/s1. The maximum atomic E-state index is 11.2. The third-order valence-electron chi connectivity index (χ3n) is 2.49. The number of carbonyl (C=O) groups is 1. The maximum Gasteiger partial charge on any atom is 0.142 e. The highest BCUT2D eigenvalue weighted by molar-refractivity contribution is 14.1. The minimum Gasteiger partial charge on any atom is -0.299 e. The van der Waals surface area contributed by atoms with Crippen molar-refractivity contribution in [2.24, 2.45) is 5.92 Å². The second kappa shape index (κ2) is 6.99.